The van der Waals surface area contributed by atoms with Gasteiger partial charge in [-0.2, -0.15) is 0 Å². The third-order valence-corrected chi connectivity index (χ3v) is 4.73. The van der Waals surface area contributed by atoms with Crippen molar-refractivity contribution in [3.8, 4) is 0 Å². The smallest absolute Gasteiger partial charge is 0.115 e. The topological polar surface area (TPSA) is 24.9 Å². The molecule has 0 spiro atoms. The van der Waals surface area contributed by atoms with Crippen LogP contribution in [0.3, 0.4) is 0 Å². The Bertz CT molecular complexity index is 558. The monoisotopic (exact) mass is 336 g/mol. The summed E-state index contributed by atoms with van der Waals surface area (Å²) in [7, 11) is 0. The van der Waals surface area contributed by atoms with Crippen LogP contribution in [0.2, 0.25) is 0 Å². The van der Waals surface area contributed by atoms with Gasteiger partial charge in [-0.15, -0.1) is 0 Å². The zero-order valence-electron chi connectivity index (χ0n) is 11.1. The Morgan fingerprint density at radius 1 is 1.32 bits per heavy atom. The molecule has 0 bridgehead atoms. The summed E-state index contributed by atoms with van der Waals surface area (Å²) in [5, 5.41) is 4.36. The lowest BCUT2D eigenvalue weighted by atomic mass is 10.1. The van der Waals surface area contributed by atoms with E-state index in [0.29, 0.717) is 0 Å². The van der Waals surface area contributed by atoms with E-state index in [0.717, 1.165) is 22.6 Å². The van der Waals surface area contributed by atoms with E-state index in [2.05, 4.69) is 58.3 Å². The quantitative estimate of drug-likeness (QED) is 0.875. The SMILES string of the molecule is CCNCc1ccc(Sc2ncccc2Br)cc1C. The molecule has 2 nitrogen and oxygen atoms in total. The normalized spacial score (nSPS) is 10.7. The van der Waals surface area contributed by atoms with Crippen LogP contribution in [0.1, 0.15) is 18.1 Å². The first-order valence-electron chi connectivity index (χ1n) is 6.29. The molecular formula is C15H17BrN2S. The molecule has 0 aliphatic rings. The Morgan fingerprint density at radius 3 is 2.84 bits per heavy atom. The molecule has 0 atom stereocenters. The van der Waals surface area contributed by atoms with E-state index >= 15 is 0 Å². The van der Waals surface area contributed by atoms with E-state index in [1.165, 1.54) is 16.0 Å². The number of nitrogens with zero attached hydrogens (tertiary/aromatic N) is 1. The minimum Gasteiger partial charge on any atom is -0.313 e. The molecular weight excluding hydrogens is 320 g/mol. The predicted molar refractivity (Wildman–Crippen MR) is 84.6 cm³/mol. The fourth-order valence-corrected chi connectivity index (χ4v) is 3.12. The Hall–Kier alpha value is -0.840. The van der Waals surface area contributed by atoms with Crippen molar-refractivity contribution in [2.45, 2.75) is 30.3 Å². The van der Waals surface area contributed by atoms with Crippen LogP contribution in [0, 0.1) is 6.92 Å². The molecule has 4 heteroatoms. The number of pyridine rings is 1. The Morgan fingerprint density at radius 2 is 2.16 bits per heavy atom. The highest BCUT2D eigenvalue weighted by Gasteiger charge is 2.05. The van der Waals surface area contributed by atoms with E-state index < -0.39 is 0 Å². The lowest BCUT2D eigenvalue weighted by Crippen LogP contribution is -2.12. The van der Waals surface area contributed by atoms with Crippen LogP contribution < -0.4 is 5.32 Å². The molecule has 0 amide bonds. The highest BCUT2D eigenvalue weighted by molar-refractivity contribution is 9.10. The van der Waals surface area contributed by atoms with Crippen LogP contribution >= 0.6 is 27.7 Å². The maximum absolute atomic E-state index is 4.38. The average molecular weight is 337 g/mol. The van der Waals surface area contributed by atoms with Gasteiger partial charge in [0.1, 0.15) is 5.03 Å². The third kappa shape index (κ3) is 4.06. The molecule has 0 fully saturated rings. The number of aromatic nitrogens is 1. The number of nitrogens with one attached hydrogen (secondary N) is 1. The van der Waals surface area contributed by atoms with Gasteiger partial charge in [-0.1, -0.05) is 24.8 Å². The Balaban J connectivity index is 2.14. The van der Waals surface area contributed by atoms with Crippen molar-refractivity contribution in [3.63, 3.8) is 0 Å². The van der Waals surface area contributed by atoms with Crippen molar-refractivity contribution in [2.24, 2.45) is 0 Å². The van der Waals surface area contributed by atoms with E-state index in [9.17, 15) is 0 Å². The summed E-state index contributed by atoms with van der Waals surface area (Å²) < 4.78 is 1.04. The van der Waals surface area contributed by atoms with Crippen LogP contribution in [-0.4, -0.2) is 11.5 Å². The fraction of sp³-hybridized carbons (Fsp3) is 0.267. The molecule has 100 valence electrons. The second kappa shape index (κ2) is 7.08. The number of rotatable bonds is 5. The van der Waals surface area contributed by atoms with Crippen LogP contribution in [0.5, 0.6) is 0 Å². The van der Waals surface area contributed by atoms with Gasteiger partial charge in [-0.25, -0.2) is 4.98 Å². The van der Waals surface area contributed by atoms with E-state index in [-0.39, 0.29) is 0 Å². The molecule has 0 aliphatic carbocycles. The maximum Gasteiger partial charge on any atom is 0.115 e. The van der Waals surface area contributed by atoms with Crippen LogP contribution in [-0.2, 0) is 6.54 Å². The summed E-state index contributed by atoms with van der Waals surface area (Å²) in [6, 6.07) is 10.5. The highest BCUT2D eigenvalue weighted by atomic mass is 79.9. The van der Waals surface area contributed by atoms with Gasteiger partial charge in [0.05, 0.1) is 4.47 Å². The molecule has 19 heavy (non-hydrogen) atoms. The summed E-state index contributed by atoms with van der Waals surface area (Å²) in [5.41, 5.74) is 2.67. The fourth-order valence-electron chi connectivity index (χ4n) is 1.75. The highest BCUT2D eigenvalue weighted by Crippen LogP contribution is 2.32. The van der Waals surface area contributed by atoms with Gasteiger partial charge in [0.25, 0.3) is 0 Å². The summed E-state index contributed by atoms with van der Waals surface area (Å²) in [6.07, 6.45) is 1.82. The molecule has 2 aromatic rings. The van der Waals surface area contributed by atoms with Crippen molar-refractivity contribution in [1.82, 2.24) is 10.3 Å². The van der Waals surface area contributed by atoms with Crippen molar-refractivity contribution < 1.29 is 0 Å². The first-order valence-corrected chi connectivity index (χ1v) is 7.90. The van der Waals surface area contributed by atoms with E-state index in [4.69, 9.17) is 0 Å². The summed E-state index contributed by atoms with van der Waals surface area (Å²) in [4.78, 5) is 5.60. The molecule has 0 saturated heterocycles. The average Bonchev–Trinajstić information content (AvgIpc) is 2.40. The lowest BCUT2D eigenvalue weighted by molar-refractivity contribution is 0.723. The predicted octanol–water partition coefficient (Wildman–Crippen LogP) is 4.41. The molecule has 0 radical (unpaired) electrons. The zero-order chi connectivity index (χ0) is 13.7. The maximum atomic E-state index is 4.38. The number of aryl methyl sites for hydroxylation is 1. The van der Waals surface area contributed by atoms with Gasteiger partial charge in [-0.3, -0.25) is 0 Å². The first kappa shape index (κ1) is 14.6. The van der Waals surface area contributed by atoms with Gasteiger partial charge < -0.3 is 5.32 Å². The summed E-state index contributed by atoms with van der Waals surface area (Å²) in [6.45, 7) is 6.21. The molecule has 2 rings (SSSR count). The van der Waals surface area contributed by atoms with E-state index in [1.54, 1.807) is 11.8 Å². The molecule has 1 aromatic carbocycles. The number of benzene rings is 1. The number of hydrogen-bond acceptors (Lipinski definition) is 3. The van der Waals surface area contributed by atoms with Gasteiger partial charge in [0, 0.05) is 17.6 Å². The van der Waals surface area contributed by atoms with Crippen molar-refractivity contribution in [1.29, 1.82) is 0 Å². The van der Waals surface area contributed by atoms with Crippen LogP contribution in [0.15, 0.2) is 50.9 Å². The lowest BCUT2D eigenvalue weighted by Gasteiger charge is -2.09. The van der Waals surface area contributed by atoms with Crippen molar-refractivity contribution in [2.75, 3.05) is 6.54 Å². The van der Waals surface area contributed by atoms with Crippen LogP contribution in [0.25, 0.3) is 0 Å². The second-order valence-electron chi connectivity index (χ2n) is 4.26. The van der Waals surface area contributed by atoms with Gasteiger partial charge in [0.15, 0.2) is 0 Å². The molecule has 0 saturated carbocycles. The van der Waals surface area contributed by atoms with E-state index in [1.807, 2.05) is 18.3 Å². The first-order chi connectivity index (χ1) is 9.20. The zero-order valence-corrected chi connectivity index (χ0v) is 13.5. The molecule has 0 unspecified atom stereocenters. The minimum atomic E-state index is 0.931. The summed E-state index contributed by atoms with van der Waals surface area (Å²) >= 11 is 5.21. The summed E-state index contributed by atoms with van der Waals surface area (Å²) in [5.74, 6) is 0. The van der Waals surface area contributed by atoms with Gasteiger partial charge in [-0.05, 0) is 64.8 Å². The molecule has 1 N–H and O–H groups in total. The Labute approximate surface area is 127 Å². The third-order valence-electron chi connectivity index (χ3n) is 2.82. The molecule has 0 aliphatic heterocycles. The molecule has 1 heterocycles. The van der Waals surface area contributed by atoms with Crippen LogP contribution in [0.4, 0.5) is 0 Å². The number of hydrogen-bond donors (Lipinski definition) is 1. The largest absolute Gasteiger partial charge is 0.313 e. The second-order valence-corrected chi connectivity index (χ2v) is 6.18. The Kier molecular flexibility index (Phi) is 5.43. The van der Waals surface area contributed by atoms with Gasteiger partial charge in [0.2, 0.25) is 0 Å². The standard InChI is InChI=1S/C15H17BrN2S/c1-3-17-10-12-6-7-13(9-11(12)2)19-15-14(16)5-4-8-18-15/h4-9,17H,3,10H2,1-2H3. The minimum absolute atomic E-state index is 0.931. The van der Waals surface area contributed by atoms with Crippen molar-refractivity contribution >= 4 is 27.7 Å². The van der Waals surface area contributed by atoms with Crippen molar-refractivity contribution in [3.05, 3.63) is 52.1 Å². The van der Waals surface area contributed by atoms with Gasteiger partial charge >= 0.3 is 0 Å². The number of halogens is 1. The molecule has 1 aromatic heterocycles.